The Kier molecular flexibility index (Phi) is 4.52. The Morgan fingerprint density at radius 2 is 2.05 bits per heavy atom. The summed E-state index contributed by atoms with van der Waals surface area (Å²) in [6, 6.07) is 5.56. The van der Waals surface area contributed by atoms with Crippen LogP contribution in [0.15, 0.2) is 23.1 Å². The molecule has 0 saturated carbocycles. The molecular weight excluding hydrogens is 272 g/mol. The van der Waals surface area contributed by atoms with Crippen molar-refractivity contribution in [2.24, 2.45) is 5.73 Å². The van der Waals surface area contributed by atoms with Gasteiger partial charge >= 0.3 is 0 Å². The SMILES string of the molecule is CCC1CCC(C)N1S(=O)(=O)c1cccc(CN)c1C. The van der Waals surface area contributed by atoms with E-state index in [1.54, 1.807) is 16.4 Å². The van der Waals surface area contributed by atoms with Gasteiger partial charge in [-0.2, -0.15) is 4.31 Å². The molecule has 0 spiro atoms. The minimum Gasteiger partial charge on any atom is -0.326 e. The Balaban J connectivity index is 2.50. The van der Waals surface area contributed by atoms with Crippen molar-refractivity contribution in [3.05, 3.63) is 29.3 Å². The summed E-state index contributed by atoms with van der Waals surface area (Å²) in [5.74, 6) is 0. The molecule has 2 rings (SSSR count). The second-order valence-corrected chi connectivity index (χ2v) is 7.38. The molecule has 0 bridgehead atoms. The molecule has 1 aliphatic heterocycles. The fourth-order valence-electron chi connectivity index (χ4n) is 3.14. The number of rotatable bonds is 4. The van der Waals surface area contributed by atoms with E-state index in [1.807, 2.05) is 26.8 Å². The van der Waals surface area contributed by atoms with Gasteiger partial charge in [-0.05, 0) is 50.3 Å². The van der Waals surface area contributed by atoms with E-state index in [0.29, 0.717) is 11.4 Å². The minimum absolute atomic E-state index is 0.0749. The van der Waals surface area contributed by atoms with E-state index in [0.717, 1.165) is 30.4 Å². The third kappa shape index (κ3) is 2.50. The summed E-state index contributed by atoms with van der Waals surface area (Å²) in [4.78, 5) is 0.410. The number of hydrogen-bond acceptors (Lipinski definition) is 3. The lowest BCUT2D eigenvalue weighted by molar-refractivity contribution is 0.328. The summed E-state index contributed by atoms with van der Waals surface area (Å²) < 4.78 is 27.7. The van der Waals surface area contributed by atoms with Crippen molar-refractivity contribution in [3.8, 4) is 0 Å². The normalized spacial score (nSPS) is 24.2. The number of benzene rings is 1. The van der Waals surface area contributed by atoms with Gasteiger partial charge in [0, 0.05) is 18.6 Å². The molecule has 1 aromatic carbocycles. The summed E-state index contributed by atoms with van der Waals surface area (Å²) in [7, 11) is -3.43. The van der Waals surface area contributed by atoms with Crippen LogP contribution in [0.3, 0.4) is 0 Å². The van der Waals surface area contributed by atoms with Crippen LogP contribution < -0.4 is 5.73 Å². The molecule has 1 aromatic rings. The van der Waals surface area contributed by atoms with Gasteiger partial charge < -0.3 is 5.73 Å². The third-order valence-electron chi connectivity index (χ3n) is 4.35. The summed E-state index contributed by atoms with van der Waals surface area (Å²) in [5.41, 5.74) is 7.36. The zero-order valence-corrected chi connectivity index (χ0v) is 13.3. The molecule has 112 valence electrons. The molecule has 2 unspecified atom stereocenters. The van der Waals surface area contributed by atoms with Crippen molar-refractivity contribution < 1.29 is 8.42 Å². The largest absolute Gasteiger partial charge is 0.326 e. The first kappa shape index (κ1) is 15.5. The fraction of sp³-hybridized carbons (Fsp3) is 0.600. The van der Waals surface area contributed by atoms with Gasteiger partial charge in [-0.3, -0.25) is 0 Å². The summed E-state index contributed by atoms with van der Waals surface area (Å²) in [6.45, 7) is 6.25. The molecule has 1 fully saturated rings. The van der Waals surface area contributed by atoms with Crippen molar-refractivity contribution in [1.82, 2.24) is 4.31 Å². The lowest BCUT2D eigenvalue weighted by Crippen LogP contribution is -2.40. The van der Waals surface area contributed by atoms with Crippen LogP contribution in [0.2, 0.25) is 0 Å². The molecule has 20 heavy (non-hydrogen) atoms. The van der Waals surface area contributed by atoms with Gasteiger partial charge in [-0.15, -0.1) is 0 Å². The molecule has 0 radical (unpaired) electrons. The number of sulfonamides is 1. The molecule has 0 amide bonds. The molecule has 4 nitrogen and oxygen atoms in total. The zero-order valence-electron chi connectivity index (χ0n) is 12.5. The maximum absolute atomic E-state index is 13.0. The first-order valence-corrected chi connectivity index (χ1v) is 8.69. The maximum Gasteiger partial charge on any atom is 0.243 e. The number of nitrogens with two attached hydrogens (primary N) is 1. The van der Waals surface area contributed by atoms with Gasteiger partial charge in [0.15, 0.2) is 0 Å². The first-order valence-electron chi connectivity index (χ1n) is 7.25. The van der Waals surface area contributed by atoms with E-state index in [-0.39, 0.29) is 12.1 Å². The predicted octanol–water partition coefficient (Wildman–Crippen LogP) is 2.41. The van der Waals surface area contributed by atoms with E-state index in [2.05, 4.69) is 0 Å². The van der Waals surface area contributed by atoms with Gasteiger partial charge in [0.25, 0.3) is 0 Å². The maximum atomic E-state index is 13.0. The van der Waals surface area contributed by atoms with E-state index >= 15 is 0 Å². The molecular formula is C15H24N2O2S. The Morgan fingerprint density at radius 1 is 1.35 bits per heavy atom. The monoisotopic (exact) mass is 296 g/mol. The standard InChI is InChI=1S/C15H24N2O2S/c1-4-14-9-8-11(2)17(14)20(18,19)15-7-5-6-13(10-16)12(15)3/h5-7,11,14H,4,8-10,16H2,1-3H3. The predicted molar refractivity (Wildman–Crippen MR) is 80.9 cm³/mol. The Bertz CT molecular complexity index is 584. The van der Waals surface area contributed by atoms with E-state index in [9.17, 15) is 8.42 Å². The van der Waals surface area contributed by atoms with Crippen molar-refractivity contribution >= 4 is 10.0 Å². The van der Waals surface area contributed by atoms with E-state index in [4.69, 9.17) is 5.73 Å². The Hall–Kier alpha value is -0.910. The lowest BCUT2D eigenvalue weighted by Gasteiger charge is -2.28. The molecule has 2 atom stereocenters. The van der Waals surface area contributed by atoms with Crippen LogP contribution in [0, 0.1) is 6.92 Å². The van der Waals surface area contributed by atoms with Crippen LogP contribution in [0.5, 0.6) is 0 Å². The van der Waals surface area contributed by atoms with E-state index < -0.39 is 10.0 Å². The molecule has 2 N–H and O–H groups in total. The first-order chi connectivity index (χ1) is 9.43. The third-order valence-corrected chi connectivity index (χ3v) is 6.57. The zero-order chi connectivity index (χ0) is 14.9. The van der Waals surface area contributed by atoms with Gasteiger partial charge in [0.2, 0.25) is 10.0 Å². The van der Waals surface area contributed by atoms with Crippen molar-refractivity contribution in [3.63, 3.8) is 0 Å². The Morgan fingerprint density at radius 3 is 2.65 bits per heavy atom. The molecule has 0 aromatic heterocycles. The molecule has 5 heteroatoms. The highest BCUT2D eigenvalue weighted by Crippen LogP contribution is 2.33. The molecule has 0 aliphatic carbocycles. The van der Waals surface area contributed by atoms with Gasteiger partial charge in [0.1, 0.15) is 0 Å². The fourth-order valence-corrected chi connectivity index (χ4v) is 5.36. The van der Waals surface area contributed by atoms with Gasteiger partial charge in [-0.25, -0.2) is 8.42 Å². The highest BCUT2D eigenvalue weighted by Gasteiger charge is 2.39. The highest BCUT2D eigenvalue weighted by molar-refractivity contribution is 7.89. The van der Waals surface area contributed by atoms with E-state index in [1.165, 1.54) is 0 Å². The van der Waals surface area contributed by atoms with Crippen LogP contribution in [0.25, 0.3) is 0 Å². The second kappa shape index (κ2) is 5.84. The highest BCUT2D eigenvalue weighted by atomic mass is 32.2. The van der Waals surface area contributed by atoms with Crippen molar-refractivity contribution in [1.29, 1.82) is 0 Å². The topological polar surface area (TPSA) is 63.4 Å². The van der Waals surface area contributed by atoms with Crippen molar-refractivity contribution in [2.75, 3.05) is 0 Å². The summed E-state index contributed by atoms with van der Waals surface area (Å²) in [5, 5.41) is 0. The number of nitrogens with zero attached hydrogens (tertiary/aromatic N) is 1. The molecule has 1 heterocycles. The molecule has 1 saturated heterocycles. The van der Waals surface area contributed by atoms with Crippen LogP contribution in [-0.4, -0.2) is 24.8 Å². The van der Waals surface area contributed by atoms with Gasteiger partial charge in [-0.1, -0.05) is 19.1 Å². The summed E-state index contributed by atoms with van der Waals surface area (Å²) in [6.07, 6.45) is 2.75. The van der Waals surface area contributed by atoms with Crippen LogP contribution in [0.4, 0.5) is 0 Å². The second-order valence-electron chi connectivity index (χ2n) is 5.57. The lowest BCUT2D eigenvalue weighted by atomic mass is 10.1. The summed E-state index contributed by atoms with van der Waals surface area (Å²) >= 11 is 0. The average Bonchev–Trinajstić information content (AvgIpc) is 2.80. The number of hydrogen-bond donors (Lipinski definition) is 1. The Labute approximate surface area is 122 Å². The quantitative estimate of drug-likeness (QED) is 0.928. The molecule has 1 aliphatic rings. The van der Waals surface area contributed by atoms with Crippen molar-refractivity contribution in [2.45, 2.75) is 63.6 Å². The van der Waals surface area contributed by atoms with Crippen LogP contribution in [0.1, 0.15) is 44.2 Å². The smallest absolute Gasteiger partial charge is 0.243 e. The average molecular weight is 296 g/mol. The van der Waals surface area contributed by atoms with Crippen LogP contribution >= 0.6 is 0 Å². The van der Waals surface area contributed by atoms with Gasteiger partial charge in [0.05, 0.1) is 4.90 Å². The minimum atomic E-state index is -3.43. The van der Waals surface area contributed by atoms with Crippen LogP contribution in [-0.2, 0) is 16.6 Å².